The predicted octanol–water partition coefficient (Wildman–Crippen LogP) is 3.48. The van der Waals surface area contributed by atoms with E-state index in [0.717, 1.165) is 42.8 Å². The van der Waals surface area contributed by atoms with Gasteiger partial charge in [0.2, 0.25) is 5.28 Å². The fraction of sp³-hybridized carbons (Fsp3) is 0.375. The maximum Gasteiger partial charge on any atom is 0.224 e. The van der Waals surface area contributed by atoms with Gasteiger partial charge in [-0.05, 0) is 37.3 Å². The Morgan fingerprint density at radius 3 is 2.71 bits per heavy atom. The van der Waals surface area contributed by atoms with Crippen molar-refractivity contribution < 1.29 is 0 Å². The zero-order valence-corrected chi connectivity index (χ0v) is 12.6. The number of hydrogen-bond acceptors (Lipinski definition) is 4. The second kappa shape index (κ2) is 6.41. The molecule has 1 aromatic carbocycles. The largest absolute Gasteiger partial charge is 0.367 e. The number of nitrogens with one attached hydrogen (secondary N) is 1. The Labute approximate surface area is 129 Å². The second-order valence-corrected chi connectivity index (χ2v) is 5.88. The van der Waals surface area contributed by atoms with Crippen LogP contribution in [0.25, 0.3) is 11.3 Å². The van der Waals surface area contributed by atoms with Crippen LogP contribution < -0.4 is 11.1 Å². The average Bonchev–Trinajstić information content (AvgIpc) is 2.47. The van der Waals surface area contributed by atoms with Gasteiger partial charge >= 0.3 is 0 Å². The summed E-state index contributed by atoms with van der Waals surface area (Å²) in [7, 11) is 0. The van der Waals surface area contributed by atoms with E-state index in [4.69, 9.17) is 17.3 Å². The van der Waals surface area contributed by atoms with Crippen molar-refractivity contribution in [3.63, 3.8) is 0 Å². The van der Waals surface area contributed by atoms with Gasteiger partial charge in [0.05, 0.1) is 5.69 Å². The molecule has 1 aromatic heterocycles. The van der Waals surface area contributed by atoms with E-state index < -0.39 is 0 Å². The topological polar surface area (TPSA) is 63.8 Å². The van der Waals surface area contributed by atoms with Gasteiger partial charge in [0.15, 0.2) is 0 Å². The van der Waals surface area contributed by atoms with Crippen LogP contribution in [0.4, 0.5) is 5.82 Å². The molecule has 0 radical (unpaired) electrons. The SMILES string of the molecule is NC1CCCC(Nc2cc(-c3ccccc3)nc(Cl)n2)C1. The molecular weight excluding hydrogens is 284 g/mol. The third-order valence-electron chi connectivity index (χ3n) is 3.84. The molecule has 1 fully saturated rings. The molecule has 0 bridgehead atoms. The van der Waals surface area contributed by atoms with Gasteiger partial charge in [-0.1, -0.05) is 30.3 Å². The van der Waals surface area contributed by atoms with E-state index >= 15 is 0 Å². The molecule has 2 aromatic rings. The minimum absolute atomic E-state index is 0.263. The van der Waals surface area contributed by atoms with Crippen LogP contribution in [0.3, 0.4) is 0 Å². The van der Waals surface area contributed by atoms with Gasteiger partial charge in [-0.25, -0.2) is 9.97 Å². The summed E-state index contributed by atoms with van der Waals surface area (Å²) in [5.41, 5.74) is 7.90. The molecule has 21 heavy (non-hydrogen) atoms. The van der Waals surface area contributed by atoms with Crippen LogP contribution in [0.15, 0.2) is 36.4 Å². The summed E-state index contributed by atoms with van der Waals surface area (Å²) in [5.74, 6) is 0.771. The van der Waals surface area contributed by atoms with E-state index in [9.17, 15) is 0 Å². The number of nitrogens with two attached hydrogens (primary N) is 1. The first kappa shape index (κ1) is 14.3. The summed E-state index contributed by atoms with van der Waals surface area (Å²) in [4.78, 5) is 8.58. The van der Waals surface area contributed by atoms with Gasteiger partial charge in [-0.15, -0.1) is 0 Å². The molecule has 0 amide bonds. The molecule has 1 saturated carbocycles. The lowest BCUT2D eigenvalue weighted by Gasteiger charge is -2.27. The Hall–Kier alpha value is -1.65. The number of anilines is 1. The molecule has 3 N–H and O–H groups in total. The normalized spacial score (nSPS) is 22.0. The van der Waals surface area contributed by atoms with Crippen LogP contribution in [-0.2, 0) is 0 Å². The Kier molecular flexibility index (Phi) is 4.36. The maximum atomic E-state index is 6.06. The van der Waals surface area contributed by atoms with Crippen molar-refractivity contribution in [3.8, 4) is 11.3 Å². The molecule has 0 spiro atoms. The van der Waals surface area contributed by atoms with Gasteiger partial charge in [0.25, 0.3) is 0 Å². The molecule has 3 rings (SSSR count). The minimum atomic E-state index is 0.263. The van der Waals surface area contributed by atoms with Crippen LogP contribution in [0.1, 0.15) is 25.7 Å². The number of hydrogen-bond donors (Lipinski definition) is 2. The van der Waals surface area contributed by atoms with Gasteiger partial charge in [0, 0.05) is 23.7 Å². The summed E-state index contributed by atoms with van der Waals surface area (Å²) in [5, 5.41) is 3.71. The smallest absolute Gasteiger partial charge is 0.224 e. The maximum absolute atomic E-state index is 6.06. The van der Waals surface area contributed by atoms with Crippen molar-refractivity contribution in [1.29, 1.82) is 0 Å². The van der Waals surface area contributed by atoms with Gasteiger partial charge in [-0.3, -0.25) is 0 Å². The van der Waals surface area contributed by atoms with Gasteiger partial charge < -0.3 is 11.1 Å². The van der Waals surface area contributed by atoms with Crippen LogP contribution >= 0.6 is 11.6 Å². The zero-order valence-electron chi connectivity index (χ0n) is 11.8. The van der Waals surface area contributed by atoms with Crippen molar-refractivity contribution in [2.45, 2.75) is 37.8 Å². The van der Waals surface area contributed by atoms with Crippen molar-refractivity contribution in [3.05, 3.63) is 41.7 Å². The monoisotopic (exact) mass is 302 g/mol. The summed E-state index contributed by atoms with van der Waals surface area (Å²) in [6.07, 6.45) is 4.36. The Morgan fingerprint density at radius 2 is 1.95 bits per heavy atom. The van der Waals surface area contributed by atoms with E-state index in [0.29, 0.717) is 6.04 Å². The lowest BCUT2D eigenvalue weighted by Crippen LogP contribution is -2.35. The molecule has 4 nitrogen and oxygen atoms in total. The first-order valence-electron chi connectivity index (χ1n) is 7.33. The standard InChI is InChI=1S/C16H19ClN4/c17-16-20-14(11-5-2-1-3-6-11)10-15(21-16)19-13-8-4-7-12(18)9-13/h1-3,5-6,10,12-13H,4,7-9,18H2,(H,19,20,21). The Balaban J connectivity index is 1.81. The number of nitrogens with zero attached hydrogens (tertiary/aromatic N) is 2. The summed E-state index contributed by atoms with van der Waals surface area (Å²) >= 11 is 6.06. The molecule has 0 saturated heterocycles. The van der Waals surface area contributed by atoms with Crippen LogP contribution in [0.5, 0.6) is 0 Å². The van der Waals surface area contributed by atoms with Gasteiger partial charge in [-0.2, -0.15) is 0 Å². The predicted molar refractivity (Wildman–Crippen MR) is 86.3 cm³/mol. The van der Waals surface area contributed by atoms with E-state index in [1.165, 1.54) is 0 Å². The highest BCUT2D eigenvalue weighted by Crippen LogP contribution is 2.24. The number of rotatable bonds is 3. The average molecular weight is 303 g/mol. The summed E-state index contributed by atoms with van der Waals surface area (Å²) in [6.45, 7) is 0. The number of aromatic nitrogens is 2. The van der Waals surface area contributed by atoms with Crippen LogP contribution in [0.2, 0.25) is 5.28 Å². The molecule has 2 atom stereocenters. The van der Waals surface area contributed by atoms with Crippen LogP contribution in [-0.4, -0.2) is 22.1 Å². The second-order valence-electron chi connectivity index (χ2n) is 5.54. The van der Waals surface area contributed by atoms with E-state index in [1.807, 2.05) is 36.4 Å². The first-order chi connectivity index (χ1) is 10.2. The molecule has 1 heterocycles. The fourth-order valence-corrected chi connectivity index (χ4v) is 3.00. The Bertz CT molecular complexity index is 602. The molecule has 2 unspecified atom stereocenters. The third-order valence-corrected chi connectivity index (χ3v) is 4.00. The van der Waals surface area contributed by atoms with Crippen molar-refractivity contribution in [1.82, 2.24) is 9.97 Å². The summed E-state index contributed by atoms with van der Waals surface area (Å²) in [6, 6.07) is 12.6. The zero-order chi connectivity index (χ0) is 14.7. The van der Waals surface area contributed by atoms with E-state index in [-0.39, 0.29) is 11.3 Å². The third kappa shape index (κ3) is 3.71. The highest BCUT2D eigenvalue weighted by molar-refractivity contribution is 6.28. The lowest BCUT2D eigenvalue weighted by atomic mass is 9.91. The highest BCUT2D eigenvalue weighted by Gasteiger charge is 2.19. The molecule has 1 aliphatic carbocycles. The Morgan fingerprint density at radius 1 is 1.14 bits per heavy atom. The van der Waals surface area contributed by atoms with E-state index in [2.05, 4.69) is 15.3 Å². The number of benzene rings is 1. The lowest BCUT2D eigenvalue weighted by molar-refractivity contribution is 0.409. The van der Waals surface area contributed by atoms with Crippen LogP contribution in [0, 0.1) is 0 Å². The quantitative estimate of drug-likeness (QED) is 0.852. The van der Waals surface area contributed by atoms with Crippen molar-refractivity contribution in [2.24, 2.45) is 5.73 Å². The molecule has 5 heteroatoms. The van der Waals surface area contributed by atoms with E-state index in [1.54, 1.807) is 0 Å². The molecular formula is C16H19ClN4. The molecule has 110 valence electrons. The minimum Gasteiger partial charge on any atom is -0.367 e. The first-order valence-corrected chi connectivity index (χ1v) is 7.70. The number of halogens is 1. The highest BCUT2D eigenvalue weighted by atomic mass is 35.5. The molecule has 0 aliphatic heterocycles. The van der Waals surface area contributed by atoms with Crippen molar-refractivity contribution >= 4 is 17.4 Å². The van der Waals surface area contributed by atoms with Gasteiger partial charge in [0.1, 0.15) is 5.82 Å². The molecule has 1 aliphatic rings. The fourth-order valence-electron chi connectivity index (χ4n) is 2.82. The van der Waals surface area contributed by atoms with Crippen molar-refractivity contribution in [2.75, 3.05) is 5.32 Å². The summed E-state index contributed by atoms with van der Waals surface area (Å²) < 4.78 is 0.